The summed E-state index contributed by atoms with van der Waals surface area (Å²) in [5.41, 5.74) is 1.05. The second kappa shape index (κ2) is 8.45. The fourth-order valence-electron chi connectivity index (χ4n) is 2.68. The molecule has 0 saturated heterocycles. The van der Waals surface area contributed by atoms with E-state index < -0.39 is 17.9 Å². The molecule has 0 aliphatic rings. The third-order valence-electron chi connectivity index (χ3n) is 3.94. The highest BCUT2D eigenvalue weighted by Gasteiger charge is 2.23. The van der Waals surface area contributed by atoms with Crippen molar-refractivity contribution in [1.82, 2.24) is 15.1 Å². The summed E-state index contributed by atoms with van der Waals surface area (Å²) in [7, 11) is 0. The zero-order valence-electron chi connectivity index (χ0n) is 14.3. The lowest BCUT2D eigenvalue weighted by Gasteiger charge is -2.18. The Morgan fingerprint density at radius 1 is 1.18 bits per heavy atom. The van der Waals surface area contributed by atoms with Crippen LogP contribution in [0.3, 0.4) is 0 Å². The molecule has 9 heteroatoms. The number of hydrogen-bond acceptors (Lipinski definition) is 4. The normalized spacial score (nSPS) is 11.8. The maximum Gasteiger partial charge on any atom is 0.305 e. The van der Waals surface area contributed by atoms with Gasteiger partial charge in [0.2, 0.25) is 5.88 Å². The lowest BCUT2D eigenvalue weighted by atomic mass is 10.0. The van der Waals surface area contributed by atoms with Crippen LogP contribution in [0.5, 0.6) is 5.88 Å². The predicted molar refractivity (Wildman–Crippen MR) is 107 cm³/mol. The largest absolute Gasteiger partial charge is 0.493 e. The van der Waals surface area contributed by atoms with Crippen LogP contribution in [0.4, 0.5) is 0 Å². The van der Waals surface area contributed by atoms with Crippen LogP contribution >= 0.6 is 27.5 Å². The minimum atomic E-state index is -1.06. The molecule has 2 aromatic carbocycles. The van der Waals surface area contributed by atoms with Crippen molar-refractivity contribution in [2.75, 3.05) is 0 Å². The number of halogens is 2. The van der Waals surface area contributed by atoms with Crippen molar-refractivity contribution >= 4 is 39.4 Å². The fraction of sp³-hybridized carbons (Fsp3) is 0.105. The zero-order valence-corrected chi connectivity index (χ0v) is 16.7. The fourth-order valence-corrected chi connectivity index (χ4v) is 3.43. The van der Waals surface area contributed by atoms with Crippen LogP contribution in [0, 0.1) is 0 Å². The van der Waals surface area contributed by atoms with Crippen LogP contribution < -0.4 is 5.32 Å². The van der Waals surface area contributed by atoms with Gasteiger partial charge in [0.15, 0.2) is 5.69 Å². The number of rotatable bonds is 6. The predicted octanol–water partition coefficient (Wildman–Crippen LogP) is 3.94. The number of benzene rings is 2. The Hall–Kier alpha value is -2.84. The molecule has 1 amide bonds. The smallest absolute Gasteiger partial charge is 0.305 e. The lowest BCUT2D eigenvalue weighted by Crippen LogP contribution is -2.30. The molecule has 3 aromatic rings. The Morgan fingerprint density at radius 2 is 1.93 bits per heavy atom. The van der Waals surface area contributed by atoms with Gasteiger partial charge in [-0.15, -0.1) is 0 Å². The number of carboxylic acids is 1. The molecule has 0 radical (unpaired) electrons. The number of carboxylic acid groups (broad SMARTS) is 1. The number of aromatic hydroxyl groups is 1. The minimum Gasteiger partial charge on any atom is -0.493 e. The maximum atomic E-state index is 12.7. The Bertz CT molecular complexity index is 1040. The van der Waals surface area contributed by atoms with Crippen LogP contribution in [-0.2, 0) is 4.79 Å². The SMILES string of the molecule is O=C(O)C[C@H](NC(=O)c1cc(O)n(-c2cccc(Cl)c2)n1)c1ccccc1Br. The van der Waals surface area contributed by atoms with Crippen molar-refractivity contribution < 1.29 is 19.8 Å². The standard InChI is InChI=1S/C19H15BrClN3O4/c20-14-7-2-1-6-13(14)15(10-18(26)27)22-19(28)16-9-17(25)24(23-16)12-5-3-4-11(21)8-12/h1-9,15,25H,10H2,(H,22,28)(H,26,27)/t15-/m0/s1. The molecular formula is C19H15BrClN3O4. The van der Waals surface area contributed by atoms with E-state index in [9.17, 15) is 19.8 Å². The van der Waals surface area contributed by atoms with E-state index in [2.05, 4.69) is 26.3 Å². The molecule has 0 bridgehead atoms. The quantitative estimate of drug-likeness (QED) is 0.512. The Morgan fingerprint density at radius 3 is 2.61 bits per heavy atom. The molecule has 0 aliphatic heterocycles. The topological polar surface area (TPSA) is 104 Å². The highest BCUT2D eigenvalue weighted by Crippen LogP contribution is 2.26. The van der Waals surface area contributed by atoms with Gasteiger partial charge >= 0.3 is 5.97 Å². The van der Waals surface area contributed by atoms with Gasteiger partial charge in [-0.05, 0) is 29.8 Å². The van der Waals surface area contributed by atoms with Gasteiger partial charge in [0, 0.05) is 15.6 Å². The molecule has 0 unspecified atom stereocenters. The molecule has 0 spiro atoms. The number of hydrogen-bond donors (Lipinski definition) is 3. The highest BCUT2D eigenvalue weighted by atomic mass is 79.9. The van der Waals surface area contributed by atoms with E-state index in [-0.39, 0.29) is 18.0 Å². The van der Waals surface area contributed by atoms with Gasteiger partial charge in [-0.1, -0.05) is 51.8 Å². The number of carbonyl (C=O) groups excluding carboxylic acids is 1. The summed E-state index contributed by atoms with van der Waals surface area (Å²) in [6.07, 6.45) is -0.310. The lowest BCUT2D eigenvalue weighted by molar-refractivity contribution is -0.137. The number of nitrogens with zero attached hydrogens (tertiary/aromatic N) is 2. The van der Waals surface area contributed by atoms with Gasteiger partial charge < -0.3 is 15.5 Å². The van der Waals surface area contributed by atoms with Crippen molar-refractivity contribution in [1.29, 1.82) is 0 Å². The molecule has 144 valence electrons. The van der Waals surface area contributed by atoms with E-state index in [0.29, 0.717) is 20.7 Å². The number of aliphatic carboxylic acids is 1. The molecule has 28 heavy (non-hydrogen) atoms. The highest BCUT2D eigenvalue weighted by molar-refractivity contribution is 9.10. The first kappa shape index (κ1) is 19.9. The van der Waals surface area contributed by atoms with Crippen molar-refractivity contribution in [3.63, 3.8) is 0 Å². The van der Waals surface area contributed by atoms with Gasteiger partial charge in [-0.25, -0.2) is 4.68 Å². The van der Waals surface area contributed by atoms with Gasteiger partial charge in [0.25, 0.3) is 5.91 Å². The molecule has 0 fully saturated rings. The van der Waals surface area contributed by atoms with Gasteiger partial charge in [-0.3, -0.25) is 9.59 Å². The molecule has 3 N–H and O–H groups in total. The maximum absolute atomic E-state index is 12.7. The summed E-state index contributed by atoms with van der Waals surface area (Å²) >= 11 is 9.32. The summed E-state index contributed by atoms with van der Waals surface area (Å²) in [5.74, 6) is -1.92. The molecule has 0 saturated carbocycles. The van der Waals surface area contributed by atoms with Gasteiger partial charge in [-0.2, -0.15) is 5.10 Å². The second-order valence-electron chi connectivity index (χ2n) is 5.92. The van der Waals surface area contributed by atoms with Crippen molar-refractivity contribution in [2.24, 2.45) is 0 Å². The van der Waals surface area contributed by atoms with Crippen LogP contribution in [-0.4, -0.2) is 31.9 Å². The van der Waals surface area contributed by atoms with E-state index >= 15 is 0 Å². The average Bonchev–Trinajstić information content (AvgIpc) is 3.03. The van der Waals surface area contributed by atoms with E-state index in [4.69, 9.17) is 11.6 Å². The average molecular weight is 465 g/mol. The monoisotopic (exact) mass is 463 g/mol. The van der Waals surface area contributed by atoms with E-state index in [1.807, 2.05) is 0 Å². The second-order valence-corrected chi connectivity index (χ2v) is 7.22. The summed E-state index contributed by atoms with van der Waals surface area (Å²) < 4.78 is 1.85. The Labute approximate surface area is 173 Å². The molecule has 1 atom stereocenters. The third kappa shape index (κ3) is 4.52. The van der Waals surface area contributed by atoms with E-state index in [0.717, 1.165) is 0 Å². The summed E-state index contributed by atoms with van der Waals surface area (Å²) in [6.45, 7) is 0. The number of aromatic nitrogens is 2. The van der Waals surface area contributed by atoms with Crippen LogP contribution in [0.1, 0.15) is 28.5 Å². The molecule has 7 nitrogen and oxygen atoms in total. The molecule has 0 aliphatic carbocycles. The molecule has 3 rings (SSSR count). The van der Waals surface area contributed by atoms with Gasteiger partial charge in [0.1, 0.15) is 0 Å². The molecule has 1 aromatic heterocycles. The number of carbonyl (C=O) groups is 2. The van der Waals surface area contributed by atoms with Crippen LogP contribution in [0.25, 0.3) is 5.69 Å². The minimum absolute atomic E-state index is 0.0556. The first-order valence-electron chi connectivity index (χ1n) is 8.17. The van der Waals surface area contributed by atoms with Crippen molar-refractivity contribution in [3.05, 3.63) is 75.4 Å². The van der Waals surface area contributed by atoms with Crippen molar-refractivity contribution in [2.45, 2.75) is 12.5 Å². The molecule has 1 heterocycles. The number of amides is 1. The Balaban J connectivity index is 1.87. The van der Waals surface area contributed by atoms with Crippen LogP contribution in [0.2, 0.25) is 5.02 Å². The van der Waals surface area contributed by atoms with E-state index in [1.165, 1.54) is 10.7 Å². The summed E-state index contributed by atoms with van der Waals surface area (Å²) in [4.78, 5) is 23.9. The molecular weight excluding hydrogens is 450 g/mol. The zero-order chi connectivity index (χ0) is 20.3. The van der Waals surface area contributed by atoms with E-state index in [1.54, 1.807) is 48.5 Å². The Kier molecular flexibility index (Phi) is 6.01. The van der Waals surface area contributed by atoms with Gasteiger partial charge in [0.05, 0.1) is 18.2 Å². The van der Waals surface area contributed by atoms with Crippen LogP contribution in [0.15, 0.2) is 59.1 Å². The summed E-state index contributed by atoms with van der Waals surface area (Å²) in [5, 5.41) is 26.6. The first-order chi connectivity index (χ1) is 13.3. The third-order valence-corrected chi connectivity index (χ3v) is 4.90. The number of nitrogens with one attached hydrogen (secondary N) is 1. The van der Waals surface area contributed by atoms with Crippen molar-refractivity contribution in [3.8, 4) is 11.6 Å². The summed E-state index contributed by atoms with van der Waals surface area (Å²) in [6, 6.07) is 14.1. The first-order valence-corrected chi connectivity index (χ1v) is 9.34.